The first-order valence-electron chi connectivity index (χ1n) is 3.11. The average Bonchev–Trinajstić information content (AvgIpc) is 2.05. The SMILES string of the molecule is COC(=O)c1ccc(O)cc1.[KH].[NaH]. The number of ether oxygens (including phenoxy) is 1. The Kier molecular flexibility index (Phi) is 10.7. The molecule has 0 unspecified atom stereocenters. The van der Waals surface area contributed by atoms with E-state index in [1.165, 1.54) is 31.4 Å². The van der Waals surface area contributed by atoms with Crippen LogP contribution in [0.2, 0.25) is 0 Å². The van der Waals surface area contributed by atoms with Gasteiger partial charge in [-0.25, -0.2) is 4.79 Å². The number of phenols is 1. The number of esters is 1. The third-order valence-electron chi connectivity index (χ3n) is 1.29. The topological polar surface area (TPSA) is 46.5 Å². The van der Waals surface area contributed by atoms with Crippen molar-refractivity contribution in [1.29, 1.82) is 0 Å². The van der Waals surface area contributed by atoms with Gasteiger partial charge < -0.3 is 9.84 Å². The molecule has 0 amide bonds. The van der Waals surface area contributed by atoms with Crippen LogP contribution in [0.25, 0.3) is 0 Å². The van der Waals surface area contributed by atoms with Crippen LogP contribution < -0.4 is 0 Å². The monoisotopic (exact) mass is 216 g/mol. The van der Waals surface area contributed by atoms with Crippen LogP contribution in [0.3, 0.4) is 0 Å². The van der Waals surface area contributed by atoms with Gasteiger partial charge in [0.2, 0.25) is 0 Å². The third kappa shape index (κ3) is 5.54. The fourth-order valence-corrected chi connectivity index (χ4v) is 0.715. The van der Waals surface area contributed by atoms with Gasteiger partial charge in [-0.15, -0.1) is 0 Å². The van der Waals surface area contributed by atoms with Gasteiger partial charge >= 0.3 is 86.9 Å². The van der Waals surface area contributed by atoms with Crippen LogP contribution in [-0.2, 0) is 4.74 Å². The molecule has 62 valence electrons. The molecule has 0 aliphatic carbocycles. The quantitative estimate of drug-likeness (QED) is 0.526. The first kappa shape index (κ1) is 16.6. The molecular weight excluding hydrogens is 206 g/mol. The van der Waals surface area contributed by atoms with E-state index in [9.17, 15) is 4.79 Å². The number of carbonyl (C=O) groups excluding carboxylic acids is 1. The third-order valence-corrected chi connectivity index (χ3v) is 1.29. The molecule has 0 spiro atoms. The van der Waals surface area contributed by atoms with Gasteiger partial charge in [0.1, 0.15) is 5.75 Å². The molecular formula is C8H10KNaO3. The number of hydrogen-bond acceptors (Lipinski definition) is 3. The molecule has 1 rings (SSSR count). The van der Waals surface area contributed by atoms with Gasteiger partial charge in [-0.1, -0.05) is 0 Å². The number of carbonyl (C=O) groups is 1. The molecule has 1 aromatic rings. The summed E-state index contributed by atoms with van der Waals surface area (Å²) in [6.45, 7) is 0. The number of phenolic OH excluding ortho intramolecular Hbond substituents is 1. The molecule has 1 N–H and O–H groups in total. The minimum atomic E-state index is -0.398. The fourth-order valence-electron chi connectivity index (χ4n) is 0.715. The summed E-state index contributed by atoms with van der Waals surface area (Å²) in [4.78, 5) is 10.8. The number of rotatable bonds is 1. The Hall–Kier alpha value is 1.13. The summed E-state index contributed by atoms with van der Waals surface area (Å²) < 4.78 is 4.46. The summed E-state index contributed by atoms with van der Waals surface area (Å²) in [5.74, 6) is -0.261. The van der Waals surface area contributed by atoms with Crippen molar-refractivity contribution in [2.45, 2.75) is 0 Å². The van der Waals surface area contributed by atoms with Crippen molar-refractivity contribution in [3.05, 3.63) is 29.8 Å². The molecule has 0 atom stereocenters. The summed E-state index contributed by atoms with van der Waals surface area (Å²) in [6, 6.07) is 5.88. The zero-order valence-electron chi connectivity index (χ0n) is 6.07. The van der Waals surface area contributed by atoms with Crippen molar-refractivity contribution in [2.75, 3.05) is 7.11 Å². The number of methoxy groups -OCH3 is 1. The van der Waals surface area contributed by atoms with E-state index < -0.39 is 5.97 Å². The number of benzene rings is 1. The van der Waals surface area contributed by atoms with Crippen LogP contribution in [0, 0.1) is 0 Å². The van der Waals surface area contributed by atoms with Crippen LogP contribution in [0.1, 0.15) is 10.4 Å². The van der Waals surface area contributed by atoms with E-state index >= 15 is 0 Å². The van der Waals surface area contributed by atoms with Gasteiger partial charge in [0.05, 0.1) is 12.7 Å². The standard InChI is InChI=1S/C8H8O3.K.Na.2H/c1-11-8(10)6-2-4-7(9)5-3-6;;;;/h2-5,9H,1H3;;;;. The summed E-state index contributed by atoms with van der Waals surface area (Å²) >= 11 is 0. The normalized spacial score (nSPS) is 7.77. The van der Waals surface area contributed by atoms with Gasteiger partial charge in [0.15, 0.2) is 0 Å². The van der Waals surface area contributed by atoms with E-state index in [1.807, 2.05) is 0 Å². The van der Waals surface area contributed by atoms with Gasteiger partial charge in [0, 0.05) is 0 Å². The minimum absolute atomic E-state index is 0. The molecule has 0 saturated carbocycles. The maximum absolute atomic E-state index is 10.8. The Morgan fingerprint density at radius 3 is 2.15 bits per heavy atom. The molecule has 0 aliphatic heterocycles. The van der Waals surface area contributed by atoms with E-state index in [4.69, 9.17) is 5.11 Å². The fraction of sp³-hybridized carbons (Fsp3) is 0.125. The zero-order valence-corrected chi connectivity index (χ0v) is 6.07. The van der Waals surface area contributed by atoms with Gasteiger partial charge in [-0.2, -0.15) is 0 Å². The second kappa shape index (κ2) is 8.44. The van der Waals surface area contributed by atoms with Gasteiger partial charge in [-0.05, 0) is 24.3 Å². The van der Waals surface area contributed by atoms with Crippen molar-refractivity contribution in [1.82, 2.24) is 0 Å². The first-order chi connectivity index (χ1) is 5.24. The summed E-state index contributed by atoms with van der Waals surface area (Å²) in [5, 5.41) is 8.86. The molecule has 3 nitrogen and oxygen atoms in total. The van der Waals surface area contributed by atoms with Crippen molar-refractivity contribution < 1.29 is 14.6 Å². The molecule has 0 heterocycles. The number of aromatic hydroxyl groups is 1. The molecule has 5 heteroatoms. The van der Waals surface area contributed by atoms with Crippen molar-refractivity contribution in [2.24, 2.45) is 0 Å². The maximum atomic E-state index is 10.8. The van der Waals surface area contributed by atoms with E-state index in [-0.39, 0.29) is 86.7 Å². The van der Waals surface area contributed by atoms with Crippen LogP contribution >= 0.6 is 0 Å². The summed E-state index contributed by atoms with van der Waals surface area (Å²) in [6.07, 6.45) is 0. The van der Waals surface area contributed by atoms with Crippen LogP contribution in [0.5, 0.6) is 5.75 Å². The molecule has 0 fully saturated rings. The van der Waals surface area contributed by atoms with E-state index in [1.54, 1.807) is 0 Å². The molecule has 0 aromatic heterocycles. The molecule has 0 aliphatic rings. The molecule has 1 aromatic carbocycles. The summed E-state index contributed by atoms with van der Waals surface area (Å²) in [7, 11) is 1.31. The number of hydrogen-bond donors (Lipinski definition) is 1. The molecule has 0 saturated heterocycles. The van der Waals surface area contributed by atoms with E-state index in [2.05, 4.69) is 4.74 Å². The average molecular weight is 216 g/mol. The van der Waals surface area contributed by atoms with Gasteiger partial charge in [-0.3, -0.25) is 0 Å². The predicted octanol–water partition coefficient (Wildman–Crippen LogP) is -0.118. The van der Waals surface area contributed by atoms with Crippen LogP contribution in [-0.4, -0.2) is 99.1 Å². The second-order valence-corrected chi connectivity index (χ2v) is 2.04. The van der Waals surface area contributed by atoms with Crippen molar-refractivity contribution in [3.63, 3.8) is 0 Å². The Morgan fingerprint density at radius 1 is 1.31 bits per heavy atom. The first-order valence-corrected chi connectivity index (χ1v) is 3.11. The Morgan fingerprint density at radius 2 is 1.77 bits per heavy atom. The predicted molar refractivity (Wildman–Crippen MR) is 53.7 cm³/mol. The molecule has 0 bridgehead atoms. The Balaban J connectivity index is 0. The van der Waals surface area contributed by atoms with Gasteiger partial charge in [0.25, 0.3) is 0 Å². The van der Waals surface area contributed by atoms with Crippen LogP contribution in [0.15, 0.2) is 24.3 Å². The molecule has 0 radical (unpaired) electrons. The Labute approximate surface area is 142 Å². The summed E-state index contributed by atoms with van der Waals surface area (Å²) in [5.41, 5.74) is 0.435. The molecule has 13 heavy (non-hydrogen) atoms. The zero-order chi connectivity index (χ0) is 8.27. The van der Waals surface area contributed by atoms with Crippen molar-refractivity contribution >= 4 is 86.9 Å². The van der Waals surface area contributed by atoms with E-state index in [0.717, 1.165) is 0 Å². The van der Waals surface area contributed by atoms with Crippen LogP contribution in [0.4, 0.5) is 0 Å². The second-order valence-electron chi connectivity index (χ2n) is 2.04. The van der Waals surface area contributed by atoms with Crippen molar-refractivity contribution in [3.8, 4) is 5.75 Å². The van der Waals surface area contributed by atoms with E-state index in [0.29, 0.717) is 5.56 Å². The Bertz CT molecular complexity index is 261.